The fourth-order valence-electron chi connectivity index (χ4n) is 2.00. The maximum atomic E-state index is 10.7. The van der Waals surface area contributed by atoms with E-state index in [2.05, 4.69) is 10.3 Å². The number of anilines is 1. The Bertz CT molecular complexity index is 455. The lowest BCUT2D eigenvalue weighted by Crippen LogP contribution is -2.32. The van der Waals surface area contributed by atoms with Crippen molar-refractivity contribution in [1.82, 2.24) is 4.98 Å². The Balaban J connectivity index is 2.10. The minimum Gasteiger partial charge on any atom is -0.378 e. The lowest BCUT2D eigenvalue weighted by molar-refractivity contribution is -0.384. The third-order valence-corrected chi connectivity index (χ3v) is 3.02. The molecule has 6 nitrogen and oxygen atoms in total. The van der Waals surface area contributed by atoms with E-state index in [1.165, 1.54) is 12.1 Å². The van der Waals surface area contributed by atoms with Crippen LogP contribution in [0.1, 0.15) is 19.8 Å². The summed E-state index contributed by atoms with van der Waals surface area (Å²) in [5, 5.41) is 14.0. The van der Waals surface area contributed by atoms with E-state index in [4.69, 9.17) is 16.3 Å². The van der Waals surface area contributed by atoms with Gasteiger partial charge < -0.3 is 10.1 Å². The zero-order valence-electron chi connectivity index (χ0n) is 9.93. The second-order valence-electron chi connectivity index (χ2n) is 4.34. The first-order valence-corrected chi connectivity index (χ1v) is 6.12. The summed E-state index contributed by atoms with van der Waals surface area (Å²) in [6.45, 7) is 2.68. The third kappa shape index (κ3) is 3.30. The van der Waals surface area contributed by atoms with Gasteiger partial charge in [-0.1, -0.05) is 11.6 Å². The van der Waals surface area contributed by atoms with Gasteiger partial charge in [0.1, 0.15) is 11.0 Å². The molecule has 1 aromatic heterocycles. The van der Waals surface area contributed by atoms with Crippen molar-refractivity contribution in [3.05, 3.63) is 27.4 Å². The second kappa shape index (κ2) is 5.49. The summed E-state index contributed by atoms with van der Waals surface area (Å²) in [6, 6.07) is 2.84. The van der Waals surface area contributed by atoms with Gasteiger partial charge >= 0.3 is 0 Å². The normalized spacial score (nSPS) is 23.7. The highest BCUT2D eigenvalue weighted by Gasteiger charge is 2.20. The fraction of sp³-hybridized carbons (Fsp3) is 0.545. The minimum absolute atomic E-state index is 0.0578. The molecule has 1 saturated heterocycles. The molecule has 0 bridgehead atoms. The number of rotatable bonds is 3. The molecule has 0 amide bonds. The van der Waals surface area contributed by atoms with Crippen LogP contribution >= 0.6 is 11.6 Å². The van der Waals surface area contributed by atoms with Crippen LogP contribution in [0, 0.1) is 10.1 Å². The van der Waals surface area contributed by atoms with Crippen molar-refractivity contribution >= 4 is 23.1 Å². The fourth-order valence-corrected chi connectivity index (χ4v) is 2.20. The van der Waals surface area contributed by atoms with E-state index >= 15 is 0 Å². The van der Waals surface area contributed by atoms with Crippen LogP contribution in [-0.2, 0) is 4.74 Å². The van der Waals surface area contributed by atoms with E-state index in [-0.39, 0.29) is 23.0 Å². The highest BCUT2D eigenvalue weighted by atomic mass is 35.5. The molecule has 2 heterocycles. The van der Waals surface area contributed by atoms with Gasteiger partial charge in [0.2, 0.25) is 0 Å². The second-order valence-corrected chi connectivity index (χ2v) is 4.72. The SMILES string of the molecule is CC1CC(Nc2cc([N+](=O)[O-])cc(Cl)n2)CCO1. The molecule has 0 saturated carbocycles. The number of halogens is 1. The topological polar surface area (TPSA) is 77.3 Å². The molecular weight excluding hydrogens is 258 g/mol. The van der Waals surface area contributed by atoms with Crippen molar-refractivity contribution in [1.29, 1.82) is 0 Å². The molecule has 98 valence electrons. The van der Waals surface area contributed by atoms with E-state index < -0.39 is 4.92 Å². The van der Waals surface area contributed by atoms with Crippen LogP contribution in [0.25, 0.3) is 0 Å². The van der Waals surface area contributed by atoms with Crippen molar-refractivity contribution < 1.29 is 9.66 Å². The van der Waals surface area contributed by atoms with Gasteiger partial charge in [-0.05, 0) is 19.8 Å². The molecule has 1 aliphatic heterocycles. The predicted molar refractivity (Wildman–Crippen MR) is 68.0 cm³/mol. The van der Waals surface area contributed by atoms with Gasteiger partial charge in [0.15, 0.2) is 0 Å². The summed E-state index contributed by atoms with van der Waals surface area (Å²) in [7, 11) is 0. The summed E-state index contributed by atoms with van der Waals surface area (Å²) < 4.78 is 5.44. The van der Waals surface area contributed by atoms with Gasteiger partial charge in [0.05, 0.1) is 23.2 Å². The van der Waals surface area contributed by atoms with E-state index in [9.17, 15) is 10.1 Å². The number of nitrogens with one attached hydrogen (secondary N) is 1. The highest BCUT2D eigenvalue weighted by molar-refractivity contribution is 6.29. The van der Waals surface area contributed by atoms with Crippen LogP contribution in [0.15, 0.2) is 12.1 Å². The standard InChI is InChI=1S/C11H14ClN3O3/c1-7-4-8(2-3-18-7)13-11-6-9(15(16)17)5-10(12)14-11/h5-8H,2-4H2,1H3,(H,13,14). The summed E-state index contributed by atoms with van der Waals surface area (Å²) >= 11 is 5.76. The molecule has 18 heavy (non-hydrogen) atoms. The number of ether oxygens (including phenoxy) is 1. The zero-order valence-corrected chi connectivity index (χ0v) is 10.7. The molecule has 2 unspecified atom stereocenters. The molecule has 0 spiro atoms. The molecule has 2 atom stereocenters. The monoisotopic (exact) mass is 271 g/mol. The summed E-state index contributed by atoms with van der Waals surface area (Å²) in [4.78, 5) is 14.3. The Hall–Kier alpha value is -1.40. The quantitative estimate of drug-likeness (QED) is 0.519. The Morgan fingerprint density at radius 1 is 1.61 bits per heavy atom. The molecule has 2 rings (SSSR count). The first-order valence-electron chi connectivity index (χ1n) is 5.74. The number of nitro groups is 1. The number of hydrogen-bond donors (Lipinski definition) is 1. The van der Waals surface area contributed by atoms with Crippen LogP contribution < -0.4 is 5.32 Å². The Labute approximate surface area is 109 Å². The summed E-state index contributed by atoms with van der Waals surface area (Å²) in [5.41, 5.74) is -0.0578. The molecular formula is C11H14ClN3O3. The van der Waals surface area contributed by atoms with E-state index in [1.54, 1.807) is 0 Å². The van der Waals surface area contributed by atoms with E-state index in [0.717, 1.165) is 12.8 Å². The van der Waals surface area contributed by atoms with Gasteiger partial charge in [-0.3, -0.25) is 10.1 Å². The van der Waals surface area contributed by atoms with Crippen molar-refractivity contribution in [2.75, 3.05) is 11.9 Å². The van der Waals surface area contributed by atoms with Crippen LogP contribution in [0.4, 0.5) is 11.5 Å². The Morgan fingerprint density at radius 2 is 2.39 bits per heavy atom. The third-order valence-electron chi connectivity index (χ3n) is 2.83. The van der Waals surface area contributed by atoms with Gasteiger partial charge in [-0.2, -0.15) is 0 Å². The Kier molecular flexibility index (Phi) is 3.98. The first-order chi connectivity index (χ1) is 8.54. The maximum absolute atomic E-state index is 10.7. The van der Waals surface area contributed by atoms with Crippen molar-refractivity contribution in [3.63, 3.8) is 0 Å². The van der Waals surface area contributed by atoms with Crippen molar-refractivity contribution in [2.45, 2.75) is 31.9 Å². The molecule has 1 N–H and O–H groups in total. The first kappa shape index (κ1) is 13.0. The molecule has 7 heteroatoms. The largest absolute Gasteiger partial charge is 0.378 e. The maximum Gasteiger partial charge on any atom is 0.276 e. The molecule has 0 aromatic carbocycles. The van der Waals surface area contributed by atoms with Crippen LogP contribution in [0.3, 0.4) is 0 Å². The zero-order chi connectivity index (χ0) is 13.1. The molecule has 1 fully saturated rings. The lowest BCUT2D eigenvalue weighted by Gasteiger charge is -2.28. The minimum atomic E-state index is -0.481. The smallest absolute Gasteiger partial charge is 0.276 e. The van der Waals surface area contributed by atoms with Crippen molar-refractivity contribution in [2.24, 2.45) is 0 Å². The number of aromatic nitrogens is 1. The molecule has 0 aliphatic carbocycles. The van der Waals surface area contributed by atoms with Crippen LogP contribution in [-0.4, -0.2) is 28.7 Å². The van der Waals surface area contributed by atoms with E-state index in [1.807, 2.05) is 6.92 Å². The summed E-state index contributed by atoms with van der Waals surface area (Å²) in [5.74, 6) is 0.438. The molecule has 0 radical (unpaired) electrons. The van der Waals surface area contributed by atoms with Gasteiger partial charge in [-0.25, -0.2) is 4.98 Å². The number of pyridine rings is 1. The average Bonchev–Trinajstić information content (AvgIpc) is 2.28. The highest BCUT2D eigenvalue weighted by Crippen LogP contribution is 2.23. The number of nitrogens with zero attached hydrogens (tertiary/aromatic N) is 2. The van der Waals surface area contributed by atoms with E-state index in [0.29, 0.717) is 12.4 Å². The van der Waals surface area contributed by atoms with Gasteiger partial charge in [-0.15, -0.1) is 0 Å². The van der Waals surface area contributed by atoms with Crippen LogP contribution in [0.5, 0.6) is 0 Å². The van der Waals surface area contributed by atoms with Gasteiger partial charge in [0, 0.05) is 12.6 Å². The molecule has 1 aromatic rings. The van der Waals surface area contributed by atoms with Crippen LogP contribution in [0.2, 0.25) is 5.15 Å². The van der Waals surface area contributed by atoms with Crippen molar-refractivity contribution in [3.8, 4) is 0 Å². The van der Waals surface area contributed by atoms with Gasteiger partial charge in [0.25, 0.3) is 5.69 Å². The predicted octanol–water partition coefficient (Wildman–Crippen LogP) is 2.62. The number of hydrogen-bond acceptors (Lipinski definition) is 5. The lowest BCUT2D eigenvalue weighted by atomic mass is 10.0. The Morgan fingerprint density at radius 3 is 3.06 bits per heavy atom. The average molecular weight is 272 g/mol. The summed E-state index contributed by atoms with van der Waals surface area (Å²) in [6.07, 6.45) is 1.89. The molecule has 1 aliphatic rings.